The molecule has 0 aliphatic heterocycles. The Morgan fingerprint density at radius 1 is 0.765 bits per heavy atom. The largest absolute Gasteiger partial charge is 0.491 e. The fourth-order valence-electron chi connectivity index (χ4n) is 4.94. The van der Waals surface area contributed by atoms with Crippen LogP contribution in [0.2, 0.25) is 0 Å². The van der Waals surface area contributed by atoms with Gasteiger partial charge in [0.05, 0.1) is 12.7 Å². The standard InChI is InChI=1S/C31H37FO2/c1-4-23-19-25(13-15-29(23)26-12-11-22(3)31(32)21-26)30-16-14-28(20-24(30)5-2)34-18-17-33-27-9-7-6-8-10-27/h11-16,19-21,27H,4-10,17-18H2,1-3H3. The number of ether oxygens (including phenoxy) is 2. The van der Waals surface area contributed by atoms with Gasteiger partial charge in [-0.15, -0.1) is 0 Å². The molecule has 2 nitrogen and oxygen atoms in total. The zero-order valence-corrected chi connectivity index (χ0v) is 20.8. The number of hydrogen-bond donors (Lipinski definition) is 0. The Morgan fingerprint density at radius 2 is 1.41 bits per heavy atom. The summed E-state index contributed by atoms with van der Waals surface area (Å²) in [6.07, 6.45) is 8.52. The van der Waals surface area contributed by atoms with Gasteiger partial charge in [0.1, 0.15) is 18.2 Å². The monoisotopic (exact) mass is 460 g/mol. The summed E-state index contributed by atoms with van der Waals surface area (Å²) >= 11 is 0. The maximum atomic E-state index is 14.2. The van der Waals surface area contributed by atoms with Gasteiger partial charge in [-0.2, -0.15) is 0 Å². The van der Waals surface area contributed by atoms with Gasteiger partial charge in [0.25, 0.3) is 0 Å². The Morgan fingerprint density at radius 3 is 2.12 bits per heavy atom. The molecule has 0 amide bonds. The molecule has 1 saturated carbocycles. The maximum absolute atomic E-state index is 14.2. The van der Waals surface area contributed by atoms with Crippen LogP contribution < -0.4 is 4.74 Å². The third-order valence-electron chi connectivity index (χ3n) is 7.00. The first kappa shape index (κ1) is 24.5. The molecule has 0 heterocycles. The van der Waals surface area contributed by atoms with E-state index in [1.807, 2.05) is 12.1 Å². The molecule has 0 aromatic heterocycles. The van der Waals surface area contributed by atoms with Gasteiger partial charge in [-0.25, -0.2) is 4.39 Å². The van der Waals surface area contributed by atoms with Crippen molar-refractivity contribution in [2.24, 2.45) is 0 Å². The molecule has 0 radical (unpaired) electrons. The number of halogens is 1. The first-order valence-electron chi connectivity index (χ1n) is 12.9. The molecule has 4 rings (SSSR count). The third-order valence-corrected chi connectivity index (χ3v) is 7.00. The minimum Gasteiger partial charge on any atom is -0.491 e. The number of benzene rings is 3. The van der Waals surface area contributed by atoms with Crippen molar-refractivity contribution in [3.8, 4) is 28.0 Å². The normalized spacial score (nSPS) is 14.4. The van der Waals surface area contributed by atoms with Crippen molar-refractivity contribution in [1.82, 2.24) is 0 Å². The summed E-state index contributed by atoms with van der Waals surface area (Å²) in [7, 11) is 0. The highest BCUT2D eigenvalue weighted by molar-refractivity contribution is 5.75. The molecule has 0 spiro atoms. The average Bonchev–Trinajstić information content (AvgIpc) is 2.88. The molecule has 1 fully saturated rings. The first-order valence-corrected chi connectivity index (χ1v) is 12.9. The van der Waals surface area contributed by atoms with Gasteiger partial charge in [-0.05, 0) is 89.8 Å². The van der Waals surface area contributed by atoms with E-state index in [-0.39, 0.29) is 5.82 Å². The summed E-state index contributed by atoms with van der Waals surface area (Å²) in [5, 5.41) is 0. The second kappa shape index (κ2) is 11.7. The van der Waals surface area contributed by atoms with Crippen LogP contribution in [0.5, 0.6) is 5.75 Å². The highest BCUT2D eigenvalue weighted by Gasteiger charge is 2.14. The minimum absolute atomic E-state index is 0.156. The minimum atomic E-state index is -0.156. The molecule has 0 bridgehead atoms. The predicted octanol–water partition coefficient (Wildman–Crippen LogP) is 8.32. The van der Waals surface area contributed by atoms with Crippen molar-refractivity contribution in [2.45, 2.75) is 71.8 Å². The summed E-state index contributed by atoms with van der Waals surface area (Å²) < 4.78 is 26.2. The van der Waals surface area contributed by atoms with E-state index in [0.717, 1.165) is 29.7 Å². The molecular formula is C31H37FO2. The zero-order chi connectivity index (χ0) is 23.9. The van der Waals surface area contributed by atoms with E-state index in [2.05, 4.69) is 50.2 Å². The lowest BCUT2D eigenvalue weighted by Crippen LogP contribution is -2.19. The zero-order valence-electron chi connectivity index (χ0n) is 20.8. The van der Waals surface area contributed by atoms with Crippen LogP contribution in [0.15, 0.2) is 54.6 Å². The maximum Gasteiger partial charge on any atom is 0.126 e. The van der Waals surface area contributed by atoms with E-state index >= 15 is 0 Å². The van der Waals surface area contributed by atoms with Crippen LogP contribution in [0.4, 0.5) is 4.39 Å². The molecule has 3 aromatic rings. The van der Waals surface area contributed by atoms with E-state index in [1.54, 1.807) is 13.0 Å². The van der Waals surface area contributed by atoms with Gasteiger partial charge < -0.3 is 9.47 Å². The van der Waals surface area contributed by atoms with E-state index in [9.17, 15) is 4.39 Å². The highest BCUT2D eigenvalue weighted by Crippen LogP contribution is 2.33. The van der Waals surface area contributed by atoms with Crippen molar-refractivity contribution >= 4 is 0 Å². The number of aryl methyl sites for hydroxylation is 3. The molecule has 180 valence electrons. The first-order chi connectivity index (χ1) is 16.6. The van der Waals surface area contributed by atoms with Gasteiger partial charge in [0.15, 0.2) is 0 Å². The molecule has 0 N–H and O–H groups in total. The Balaban J connectivity index is 1.47. The van der Waals surface area contributed by atoms with Gasteiger partial charge >= 0.3 is 0 Å². The second-order valence-corrected chi connectivity index (χ2v) is 9.34. The fraction of sp³-hybridized carbons (Fsp3) is 0.419. The van der Waals surface area contributed by atoms with Crippen molar-refractivity contribution in [3.05, 3.63) is 77.1 Å². The summed E-state index contributed by atoms with van der Waals surface area (Å²) in [5.74, 6) is 0.743. The Bertz CT molecular complexity index is 1100. The van der Waals surface area contributed by atoms with Crippen molar-refractivity contribution in [1.29, 1.82) is 0 Å². The quantitative estimate of drug-likeness (QED) is 0.299. The second-order valence-electron chi connectivity index (χ2n) is 9.34. The summed E-state index contributed by atoms with van der Waals surface area (Å²) in [4.78, 5) is 0. The van der Waals surface area contributed by atoms with Gasteiger partial charge in [0, 0.05) is 0 Å². The van der Waals surface area contributed by atoms with Crippen LogP contribution in [-0.4, -0.2) is 19.3 Å². The van der Waals surface area contributed by atoms with Crippen LogP contribution in [0.25, 0.3) is 22.3 Å². The molecule has 1 aliphatic rings. The van der Waals surface area contributed by atoms with E-state index in [1.165, 1.54) is 54.4 Å². The van der Waals surface area contributed by atoms with E-state index < -0.39 is 0 Å². The van der Waals surface area contributed by atoms with E-state index in [4.69, 9.17) is 9.47 Å². The molecule has 3 aromatic carbocycles. The highest BCUT2D eigenvalue weighted by atomic mass is 19.1. The molecule has 0 saturated heterocycles. The van der Waals surface area contributed by atoms with Crippen LogP contribution in [0.1, 0.15) is 62.6 Å². The molecule has 0 atom stereocenters. The topological polar surface area (TPSA) is 18.5 Å². The molecular weight excluding hydrogens is 423 g/mol. The van der Waals surface area contributed by atoms with Gasteiger partial charge in [-0.1, -0.05) is 69.5 Å². The average molecular weight is 461 g/mol. The fourth-order valence-corrected chi connectivity index (χ4v) is 4.94. The van der Waals surface area contributed by atoms with E-state index in [0.29, 0.717) is 24.9 Å². The summed E-state index contributed by atoms with van der Waals surface area (Å²) in [6.45, 7) is 7.36. The summed E-state index contributed by atoms with van der Waals surface area (Å²) in [5.41, 5.74) is 7.61. The Hall–Kier alpha value is -2.65. The van der Waals surface area contributed by atoms with Crippen LogP contribution >= 0.6 is 0 Å². The SMILES string of the molecule is CCc1cc(OCCOC2CCCCC2)ccc1-c1ccc(-c2ccc(C)c(F)c2)c(CC)c1. The van der Waals surface area contributed by atoms with Crippen LogP contribution in [-0.2, 0) is 17.6 Å². The van der Waals surface area contributed by atoms with Crippen LogP contribution in [0, 0.1) is 12.7 Å². The third kappa shape index (κ3) is 5.88. The lowest BCUT2D eigenvalue weighted by atomic mass is 9.91. The van der Waals surface area contributed by atoms with Gasteiger partial charge in [-0.3, -0.25) is 0 Å². The predicted molar refractivity (Wildman–Crippen MR) is 139 cm³/mol. The number of hydrogen-bond acceptors (Lipinski definition) is 2. The molecule has 3 heteroatoms. The molecule has 0 unspecified atom stereocenters. The van der Waals surface area contributed by atoms with Crippen molar-refractivity contribution in [2.75, 3.05) is 13.2 Å². The smallest absolute Gasteiger partial charge is 0.126 e. The lowest BCUT2D eigenvalue weighted by molar-refractivity contribution is 0.0129. The Kier molecular flexibility index (Phi) is 8.39. The van der Waals surface area contributed by atoms with Crippen LogP contribution in [0.3, 0.4) is 0 Å². The molecule has 34 heavy (non-hydrogen) atoms. The molecule has 1 aliphatic carbocycles. The number of rotatable bonds is 9. The lowest BCUT2D eigenvalue weighted by Gasteiger charge is -2.22. The summed E-state index contributed by atoms with van der Waals surface area (Å²) in [6, 6.07) is 18.4. The van der Waals surface area contributed by atoms with Crippen molar-refractivity contribution in [3.63, 3.8) is 0 Å². The Labute approximate surface area is 204 Å². The van der Waals surface area contributed by atoms with Gasteiger partial charge in [0.2, 0.25) is 0 Å². The van der Waals surface area contributed by atoms with Crippen molar-refractivity contribution < 1.29 is 13.9 Å².